The number of benzene rings is 2. The summed E-state index contributed by atoms with van der Waals surface area (Å²) < 4.78 is 0. The lowest BCUT2D eigenvalue weighted by molar-refractivity contribution is 0.0687. The summed E-state index contributed by atoms with van der Waals surface area (Å²) in [6.07, 6.45) is 1.81. The summed E-state index contributed by atoms with van der Waals surface area (Å²) in [5.41, 5.74) is 5.09. The van der Waals surface area contributed by atoms with Crippen molar-refractivity contribution in [2.24, 2.45) is 0 Å². The number of aromatic carboxylic acids is 2. The van der Waals surface area contributed by atoms with Crippen LogP contribution < -0.4 is 0 Å². The second kappa shape index (κ2) is 6.35. The Morgan fingerprint density at radius 1 is 0.710 bits per heavy atom. The molecule has 152 valence electrons. The van der Waals surface area contributed by atoms with Gasteiger partial charge in [0.15, 0.2) is 0 Å². The maximum absolute atomic E-state index is 12.2. The van der Waals surface area contributed by atoms with Crippen molar-refractivity contribution in [2.45, 2.75) is 31.1 Å². The molecule has 31 heavy (non-hydrogen) atoms. The normalized spacial score (nSPS) is 19.1. The van der Waals surface area contributed by atoms with Gasteiger partial charge >= 0.3 is 11.9 Å². The first kappa shape index (κ1) is 18.0. The number of carboxylic acids is 2. The Bertz CT molecular complexity index is 1330. The van der Waals surface area contributed by atoms with E-state index < -0.39 is 11.9 Å². The van der Waals surface area contributed by atoms with E-state index in [9.17, 15) is 19.8 Å². The summed E-state index contributed by atoms with van der Waals surface area (Å²) in [6, 6.07) is 14.6. The molecular formula is C25H18N2O4. The molecule has 6 rings (SSSR count). The van der Waals surface area contributed by atoms with Crippen molar-refractivity contribution in [3.05, 3.63) is 82.2 Å². The van der Waals surface area contributed by atoms with E-state index in [4.69, 9.17) is 9.97 Å². The van der Waals surface area contributed by atoms with Crippen LogP contribution in [-0.2, 0) is 12.8 Å². The molecule has 2 aliphatic rings. The first-order valence-corrected chi connectivity index (χ1v) is 10.3. The SMILES string of the molecule is O=C(O)c1c2c(nc3ccccc13)[C@@H]1Cc3c(nc4ccccc4c3C(=O)O)[C@@H](C2)C1. The molecule has 2 aromatic heterocycles. The van der Waals surface area contributed by atoms with Gasteiger partial charge in [-0.2, -0.15) is 0 Å². The number of carboxylic acid groups (broad SMARTS) is 2. The molecule has 2 aliphatic carbocycles. The van der Waals surface area contributed by atoms with E-state index in [1.807, 2.05) is 36.4 Å². The highest BCUT2D eigenvalue weighted by Gasteiger charge is 2.40. The van der Waals surface area contributed by atoms with Crippen LogP contribution in [-0.4, -0.2) is 32.1 Å². The molecular weight excluding hydrogens is 392 g/mol. The van der Waals surface area contributed by atoms with E-state index in [0.29, 0.717) is 45.8 Å². The Morgan fingerprint density at radius 2 is 1.13 bits per heavy atom. The average molecular weight is 410 g/mol. The summed E-state index contributed by atoms with van der Waals surface area (Å²) >= 11 is 0. The quantitative estimate of drug-likeness (QED) is 0.503. The Balaban J connectivity index is 1.62. The van der Waals surface area contributed by atoms with E-state index >= 15 is 0 Å². The summed E-state index contributed by atoms with van der Waals surface area (Å²) in [7, 11) is 0. The smallest absolute Gasteiger partial charge is 0.336 e. The van der Waals surface area contributed by atoms with E-state index in [0.717, 1.165) is 28.9 Å². The van der Waals surface area contributed by atoms with Gasteiger partial charge in [0.05, 0.1) is 22.2 Å². The number of pyridine rings is 2. The predicted molar refractivity (Wildman–Crippen MR) is 115 cm³/mol. The van der Waals surface area contributed by atoms with Gasteiger partial charge < -0.3 is 10.2 Å². The molecule has 2 atom stereocenters. The number of aromatic nitrogens is 2. The maximum Gasteiger partial charge on any atom is 0.336 e. The molecule has 6 heteroatoms. The lowest BCUT2D eigenvalue weighted by atomic mass is 9.68. The van der Waals surface area contributed by atoms with E-state index in [-0.39, 0.29) is 11.8 Å². The zero-order chi connectivity index (χ0) is 21.3. The van der Waals surface area contributed by atoms with E-state index in [1.165, 1.54) is 0 Å². The van der Waals surface area contributed by atoms with Gasteiger partial charge in [-0.1, -0.05) is 36.4 Å². The minimum Gasteiger partial charge on any atom is -0.478 e. The molecule has 0 aliphatic heterocycles. The van der Waals surface area contributed by atoms with Crippen LogP contribution in [0.3, 0.4) is 0 Å². The first-order valence-electron chi connectivity index (χ1n) is 10.3. The van der Waals surface area contributed by atoms with Gasteiger partial charge in [0, 0.05) is 34.0 Å². The van der Waals surface area contributed by atoms with Crippen LogP contribution in [0.15, 0.2) is 48.5 Å². The van der Waals surface area contributed by atoms with Crippen LogP contribution >= 0.6 is 0 Å². The molecule has 2 aromatic carbocycles. The van der Waals surface area contributed by atoms with Crippen molar-refractivity contribution in [1.29, 1.82) is 0 Å². The largest absolute Gasteiger partial charge is 0.478 e. The number of carbonyl (C=O) groups is 2. The lowest BCUT2D eigenvalue weighted by Crippen LogP contribution is -2.30. The molecule has 0 saturated carbocycles. The van der Waals surface area contributed by atoms with Gasteiger partial charge in [0.25, 0.3) is 0 Å². The minimum absolute atomic E-state index is 0.0231. The fraction of sp³-hybridized carbons (Fsp3) is 0.200. The predicted octanol–water partition coefficient (Wildman–Crippen LogP) is 4.55. The summed E-state index contributed by atoms with van der Waals surface area (Å²) in [5.74, 6) is -1.95. The third kappa shape index (κ3) is 2.51. The van der Waals surface area contributed by atoms with Crippen LogP contribution in [0.2, 0.25) is 0 Å². The number of nitrogens with zero attached hydrogens (tertiary/aromatic N) is 2. The highest BCUT2D eigenvalue weighted by Crippen LogP contribution is 2.49. The second-order valence-electron chi connectivity index (χ2n) is 8.38. The van der Waals surface area contributed by atoms with Crippen LogP contribution in [0.5, 0.6) is 0 Å². The fourth-order valence-corrected chi connectivity index (χ4v) is 5.54. The lowest BCUT2D eigenvalue weighted by Gasteiger charge is -2.38. The molecule has 0 radical (unpaired) electrons. The molecule has 4 aromatic rings. The van der Waals surface area contributed by atoms with Crippen molar-refractivity contribution >= 4 is 33.7 Å². The topological polar surface area (TPSA) is 100 Å². The number of rotatable bonds is 2. The fourth-order valence-electron chi connectivity index (χ4n) is 5.54. The van der Waals surface area contributed by atoms with Crippen LogP contribution in [0.1, 0.15) is 61.5 Å². The molecule has 2 heterocycles. The van der Waals surface area contributed by atoms with Crippen molar-refractivity contribution in [3.63, 3.8) is 0 Å². The Labute approximate surface area is 177 Å². The highest BCUT2D eigenvalue weighted by atomic mass is 16.4. The van der Waals surface area contributed by atoms with E-state index in [1.54, 1.807) is 12.1 Å². The molecule has 0 saturated heterocycles. The highest BCUT2D eigenvalue weighted by molar-refractivity contribution is 6.05. The second-order valence-corrected chi connectivity index (χ2v) is 8.38. The van der Waals surface area contributed by atoms with Crippen LogP contribution in [0, 0.1) is 0 Å². The van der Waals surface area contributed by atoms with Gasteiger partial charge in [-0.25, -0.2) is 9.59 Å². The average Bonchev–Trinajstić information content (AvgIpc) is 2.76. The van der Waals surface area contributed by atoms with Gasteiger partial charge in [-0.05, 0) is 42.5 Å². The summed E-state index contributed by atoms with van der Waals surface area (Å²) in [6.45, 7) is 0. The minimum atomic E-state index is -0.951. The summed E-state index contributed by atoms with van der Waals surface area (Å²) in [5, 5.41) is 21.4. The molecule has 2 bridgehead atoms. The van der Waals surface area contributed by atoms with E-state index in [2.05, 4.69) is 0 Å². The molecule has 0 amide bonds. The van der Waals surface area contributed by atoms with Gasteiger partial charge in [-0.3, -0.25) is 9.97 Å². The number of hydrogen-bond donors (Lipinski definition) is 2. The molecule has 2 N–H and O–H groups in total. The standard InChI is InChI=1S/C25H18N2O4/c28-24(29)20-14-5-1-3-7-18(14)26-22-13-9-12(10-16(20)22)23-17(11-13)21(25(30)31)15-6-2-4-8-19(15)27-23/h1-8,12-13H,9-11H2,(H,28,29)(H,30,31)/t12-,13+. The monoisotopic (exact) mass is 410 g/mol. The van der Waals surface area contributed by atoms with Crippen molar-refractivity contribution in [3.8, 4) is 0 Å². The molecule has 0 fully saturated rings. The molecule has 6 nitrogen and oxygen atoms in total. The zero-order valence-corrected chi connectivity index (χ0v) is 16.5. The molecule has 0 spiro atoms. The van der Waals surface area contributed by atoms with Gasteiger partial charge in [0.2, 0.25) is 0 Å². The van der Waals surface area contributed by atoms with Crippen LogP contribution in [0.4, 0.5) is 0 Å². The Morgan fingerprint density at radius 3 is 1.55 bits per heavy atom. The van der Waals surface area contributed by atoms with Gasteiger partial charge in [-0.15, -0.1) is 0 Å². The number of hydrogen-bond acceptors (Lipinski definition) is 4. The summed E-state index contributed by atoms with van der Waals surface area (Å²) in [4.78, 5) is 34.2. The Kier molecular flexibility index (Phi) is 3.69. The van der Waals surface area contributed by atoms with Crippen molar-refractivity contribution in [2.75, 3.05) is 0 Å². The van der Waals surface area contributed by atoms with Crippen LogP contribution in [0.25, 0.3) is 21.8 Å². The first-order chi connectivity index (χ1) is 15.0. The van der Waals surface area contributed by atoms with Crippen molar-refractivity contribution < 1.29 is 19.8 Å². The number of para-hydroxylation sites is 2. The molecule has 0 unspecified atom stereocenters. The third-order valence-electron chi connectivity index (χ3n) is 6.72. The van der Waals surface area contributed by atoms with Gasteiger partial charge in [0.1, 0.15) is 0 Å². The van der Waals surface area contributed by atoms with Crippen molar-refractivity contribution in [1.82, 2.24) is 9.97 Å². The maximum atomic E-state index is 12.2. The third-order valence-corrected chi connectivity index (χ3v) is 6.72. The zero-order valence-electron chi connectivity index (χ0n) is 16.5. The Hall–Kier alpha value is -3.80. The number of fused-ring (bicyclic) bond motifs is 8.